The molecule has 3 rings (SSSR count). The first-order valence-electron chi connectivity index (χ1n) is 8.09. The van der Waals surface area contributed by atoms with E-state index in [1.165, 1.54) is 32.1 Å². The van der Waals surface area contributed by atoms with Gasteiger partial charge in [-0.3, -0.25) is 19.6 Å². The molecule has 1 N–H and O–H groups in total. The molecule has 1 aliphatic rings. The van der Waals surface area contributed by atoms with Crippen molar-refractivity contribution in [3.8, 4) is 5.75 Å². The molecule has 1 aromatic carbocycles. The number of nitrogens with zero attached hydrogens (tertiary/aromatic N) is 3. The minimum Gasteiger partial charge on any atom is -0.496 e. The van der Waals surface area contributed by atoms with Gasteiger partial charge in [0.15, 0.2) is 0 Å². The average molecular weight is 344 g/mol. The van der Waals surface area contributed by atoms with Crippen LogP contribution < -0.4 is 10.1 Å². The van der Waals surface area contributed by atoms with Crippen LogP contribution in [-0.4, -0.2) is 27.7 Å². The number of methoxy groups -OCH3 is 1. The van der Waals surface area contributed by atoms with Gasteiger partial charge in [-0.2, -0.15) is 5.10 Å². The Morgan fingerprint density at radius 1 is 1.48 bits per heavy atom. The average Bonchev–Trinajstić information content (AvgIpc) is 3.33. The lowest BCUT2D eigenvalue weighted by Crippen LogP contribution is -2.13. The maximum Gasteiger partial charge on any atom is 0.276 e. The van der Waals surface area contributed by atoms with E-state index in [0.717, 1.165) is 0 Å². The molecule has 1 fully saturated rings. The number of nitro groups is 1. The summed E-state index contributed by atoms with van der Waals surface area (Å²) in [4.78, 5) is 23.1. The van der Waals surface area contributed by atoms with E-state index < -0.39 is 10.8 Å². The summed E-state index contributed by atoms with van der Waals surface area (Å²) in [6.45, 7) is 3.69. The third-order valence-corrected chi connectivity index (χ3v) is 4.59. The van der Waals surface area contributed by atoms with Gasteiger partial charge < -0.3 is 10.1 Å². The zero-order valence-corrected chi connectivity index (χ0v) is 14.4. The fourth-order valence-electron chi connectivity index (χ4n) is 2.83. The first-order valence-corrected chi connectivity index (χ1v) is 8.09. The molecule has 1 saturated carbocycles. The summed E-state index contributed by atoms with van der Waals surface area (Å²) in [7, 11) is 1.41. The highest BCUT2D eigenvalue weighted by atomic mass is 16.6. The molecule has 1 atom stereocenters. The summed E-state index contributed by atoms with van der Waals surface area (Å²) in [5, 5.41) is 18.2. The normalized spacial score (nSPS) is 14.8. The van der Waals surface area contributed by atoms with E-state index in [1.807, 2.05) is 4.68 Å². The molecule has 1 aliphatic carbocycles. The summed E-state index contributed by atoms with van der Waals surface area (Å²) >= 11 is 0. The van der Waals surface area contributed by atoms with Gasteiger partial charge in [0.05, 0.1) is 41.1 Å². The van der Waals surface area contributed by atoms with Gasteiger partial charge in [0.25, 0.3) is 11.6 Å². The lowest BCUT2D eigenvalue weighted by molar-refractivity contribution is -0.385. The number of amides is 1. The van der Waals surface area contributed by atoms with Crippen LogP contribution in [0.2, 0.25) is 0 Å². The Kier molecular flexibility index (Phi) is 4.43. The largest absolute Gasteiger partial charge is 0.496 e. The molecular weight excluding hydrogens is 324 g/mol. The molecule has 0 bridgehead atoms. The van der Waals surface area contributed by atoms with Crippen molar-refractivity contribution in [3.05, 3.63) is 45.8 Å². The van der Waals surface area contributed by atoms with Crippen molar-refractivity contribution in [3.63, 3.8) is 0 Å². The second-order valence-electron chi connectivity index (χ2n) is 6.32. The number of ether oxygens (including phenoxy) is 1. The Morgan fingerprint density at radius 2 is 2.20 bits per heavy atom. The topological polar surface area (TPSA) is 99.3 Å². The van der Waals surface area contributed by atoms with Gasteiger partial charge in [0.2, 0.25) is 0 Å². The molecule has 2 aromatic rings. The van der Waals surface area contributed by atoms with Gasteiger partial charge in [0, 0.05) is 12.3 Å². The fraction of sp³-hybridized carbons (Fsp3) is 0.412. The number of carbonyl (C=O) groups excluding carboxylic acids is 1. The molecule has 25 heavy (non-hydrogen) atoms. The molecular formula is C17H20N4O4. The minimum absolute atomic E-state index is 0.150. The van der Waals surface area contributed by atoms with Crippen molar-refractivity contribution in [1.29, 1.82) is 0 Å². The molecule has 8 heteroatoms. The third-order valence-electron chi connectivity index (χ3n) is 4.59. The van der Waals surface area contributed by atoms with Gasteiger partial charge in [-0.05, 0) is 38.7 Å². The van der Waals surface area contributed by atoms with Crippen LogP contribution in [0.5, 0.6) is 5.75 Å². The zero-order valence-electron chi connectivity index (χ0n) is 14.4. The summed E-state index contributed by atoms with van der Waals surface area (Å²) < 4.78 is 6.98. The van der Waals surface area contributed by atoms with Crippen molar-refractivity contribution in [2.24, 2.45) is 5.92 Å². The van der Waals surface area contributed by atoms with E-state index in [0.29, 0.717) is 29.0 Å². The first-order chi connectivity index (χ1) is 11.9. The lowest BCUT2D eigenvalue weighted by atomic mass is 10.1. The van der Waals surface area contributed by atoms with Crippen molar-refractivity contribution in [1.82, 2.24) is 9.78 Å². The van der Waals surface area contributed by atoms with Gasteiger partial charge in [-0.25, -0.2) is 0 Å². The van der Waals surface area contributed by atoms with Gasteiger partial charge in [-0.1, -0.05) is 0 Å². The summed E-state index contributed by atoms with van der Waals surface area (Å²) in [6.07, 6.45) is 5.77. The van der Waals surface area contributed by atoms with Crippen LogP contribution in [0, 0.1) is 23.0 Å². The number of carbonyl (C=O) groups is 1. The Hall–Kier alpha value is -2.90. The Bertz CT molecular complexity index is 826. The molecule has 1 heterocycles. The molecule has 0 radical (unpaired) electrons. The highest BCUT2D eigenvalue weighted by Crippen LogP contribution is 2.39. The van der Waals surface area contributed by atoms with Crippen molar-refractivity contribution >= 4 is 17.3 Å². The molecule has 0 saturated heterocycles. The second-order valence-corrected chi connectivity index (χ2v) is 6.32. The number of benzene rings is 1. The molecule has 1 amide bonds. The lowest BCUT2D eigenvalue weighted by Gasteiger charge is -2.10. The number of hydrogen-bond donors (Lipinski definition) is 1. The predicted molar refractivity (Wildman–Crippen MR) is 92.0 cm³/mol. The van der Waals surface area contributed by atoms with Crippen molar-refractivity contribution in [2.75, 3.05) is 12.4 Å². The third kappa shape index (κ3) is 3.47. The smallest absolute Gasteiger partial charge is 0.276 e. The SMILES string of the molecule is COc1cc(C(=O)Nc2cnn([C@@H](C)C3CC3)c2)cc([N+](=O)[O-])c1C. The van der Waals surface area contributed by atoms with E-state index in [2.05, 4.69) is 17.3 Å². The maximum absolute atomic E-state index is 12.5. The minimum atomic E-state index is -0.524. The second kappa shape index (κ2) is 6.54. The van der Waals surface area contributed by atoms with Crippen LogP contribution in [0.15, 0.2) is 24.5 Å². The standard InChI is InChI=1S/C17H20N4O4/c1-10-15(21(23)24)6-13(7-16(10)25-3)17(22)19-14-8-18-20(9-14)11(2)12-4-5-12/h6-9,11-12H,4-5H2,1-3H3,(H,19,22)/t11-/m0/s1. The zero-order chi connectivity index (χ0) is 18.1. The van der Waals surface area contributed by atoms with Crippen LogP contribution in [0.25, 0.3) is 0 Å². The number of nitro benzene ring substituents is 1. The Labute approximate surface area is 144 Å². The quantitative estimate of drug-likeness (QED) is 0.640. The highest BCUT2D eigenvalue weighted by Gasteiger charge is 2.29. The van der Waals surface area contributed by atoms with Gasteiger partial charge in [0.1, 0.15) is 5.75 Å². The number of aromatic nitrogens is 2. The van der Waals surface area contributed by atoms with E-state index >= 15 is 0 Å². The fourth-order valence-corrected chi connectivity index (χ4v) is 2.83. The summed E-state index contributed by atoms with van der Waals surface area (Å²) in [5.41, 5.74) is 0.953. The number of nitrogens with one attached hydrogen (secondary N) is 1. The Balaban J connectivity index is 1.81. The van der Waals surface area contributed by atoms with E-state index in [1.54, 1.807) is 19.3 Å². The predicted octanol–water partition coefficient (Wildman–Crippen LogP) is 3.33. The summed E-state index contributed by atoms with van der Waals surface area (Å²) in [6, 6.07) is 3.05. The Morgan fingerprint density at radius 3 is 2.80 bits per heavy atom. The van der Waals surface area contributed by atoms with Crippen molar-refractivity contribution < 1.29 is 14.5 Å². The number of anilines is 1. The molecule has 0 spiro atoms. The van der Waals surface area contributed by atoms with Crippen LogP contribution >= 0.6 is 0 Å². The molecule has 0 unspecified atom stereocenters. The number of hydrogen-bond acceptors (Lipinski definition) is 5. The molecule has 1 aromatic heterocycles. The van der Waals surface area contributed by atoms with Crippen molar-refractivity contribution in [2.45, 2.75) is 32.7 Å². The summed E-state index contributed by atoms with van der Waals surface area (Å²) in [5.74, 6) is 0.505. The van der Waals surface area contributed by atoms with Gasteiger partial charge in [-0.15, -0.1) is 0 Å². The van der Waals surface area contributed by atoms with Crippen LogP contribution in [-0.2, 0) is 0 Å². The van der Waals surface area contributed by atoms with Gasteiger partial charge >= 0.3 is 0 Å². The van der Waals surface area contributed by atoms with Crippen LogP contribution in [0.3, 0.4) is 0 Å². The van der Waals surface area contributed by atoms with E-state index in [4.69, 9.17) is 4.74 Å². The molecule has 132 valence electrons. The van der Waals surface area contributed by atoms with E-state index in [-0.39, 0.29) is 11.3 Å². The molecule has 8 nitrogen and oxygen atoms in total. The molecule has 0 aliphatic heterocycles. The van der Waals surface area contributed by atoms with Crippen LogP contribution in [0.4, 0.5) is 11.4 Å². The first kappa shape index (κ1) is 16.9. The highest BCUT2D eigenvalue weighted by molar-refractivity contribution is 6.05. The maximum atomic E-state index is 12.5. The van der Waals surface area contributed by atoms with E-state index in [9.17, 15) is 14.9 Å². The van der Waals surface area contributed by atoms with Crippen LogP contribution in [0.1, 0.15) is 41.7 Å². The monoisotopic (exact) mass is 344 g/mol. The number of rotatable bonds is 6.